The number of hydrogen-bond acceptors (Lipinski definition) is 11. The molecule has 15 nitrogen and oxygen atoms in total. The van der Waals surface area contributed by atoms with Gasteiger partial charge < -0.3 is 45.1 Å². The normalized spacial score (nSPS) is 24.8. The van der Waals surface area contributed by atoms with E-state index in [2.05, 4.69) is 16.2 Å². The van der Waals surface area contributed by atoms with Gasteiger partial charge in [-0.05, 0) is 31.3 Å². The number of carboxylic acid groups (broad SMARTS) is 1. The molecule has 2 aliphatic rings. The van der Waals surface area contributed by atoms with Gasteiger partial charge in [-0.1, -0.05) is 0 Å². The highest BCUT2D eigenvalue weighted by Gasteiger charge is 2.43. The summed E-state index contributed by atoms with van der Waals surface area (Å²) in [6, 6.07) is 2.61. The van der Waals surface area contributed by atoms with Crippen molar-refractivity contribution < 1.29 is 44.2 Å². The fourth-order valence-electron chi connectivity index (χ4n) is 4.96. The average molecular weight is 613 g/mol. The number of hydrogen-bond donors (Lipinski definition) is 8. The number of rotatable bonds is 7. The molecular formula is C25H33FN6O9S. The van der Waals surface area contributed by atoms with Crippen molar-refractivity contribution >= 4 is 45.8 Å². The van der Waals surface area contributed by atoms with E-state index in [1.54, 1.807) is 16.4 Å². The second-order valence-corrected chi connectivity index (χ2v) is 10.4. The Morgan fingerprint density at radius 1 is 1.10 bits per heavy atom. The number of nitrogens with zero attached hydrogens (tertiary/aromatic N) is 3. The molecule has 2 aromatic rings. The van der Waals surface area contributed by atoms with E-state index >= 15 is 4.39 Å². The number of carbonyl (C=O) groups excluding carboxylic acids is 1. The zero-order chi connectivity index (χ0) is 30.7. The molecule has 230 valence electrons. The fraction of sp³-hybridized carbons (Fsp3) is 0.520. The lowest BCUT2D eigenvalue weighted by Crippen LogP contribution is -2.64. The standard InChI is InChI=1S/C25H33FN6O9S/c1-2-31-9-13(24(39)40)19(35)12-7-14(26)16(8-15(12)31)32-5-3-30(4-6-32)10-18(34)28-29-25(42)27-23-22(38)21(37)20(36)17(11-33)41-23/h7-9,17,20-23,33,36-38H,2-6,10-11H2,1H3,(H,28,34)(H,39,40)(H2,27,29,42)/t17-,20+,21+,22-,23-/m1/s1. The molecule has 2 fully saturated rings. The molecule has 2 saturated heterocycles. The summed E-state index contributed by atoms with van der Waals surface area (Å²) in [5.74, 6) is -2.48. The fourth-order valence-corrected chi connectivity index (χ4v) is 5.12. The van der Waals surface area contributed by atoms with Gasteiger partial charge in [0.2, 0.25) is 5.43 Å². The van der Waals surface area contributed by atoms with E-state index in [0.29, 0.717) is 38.2 Å². The molecule has 1 aromatic heterocycles. The summed E-state index contributed by atoms with van der Waals surface area (Å²) in [7, 11) is 0. The molecular weight excluding hydrogens is 579 g/mol. The number of anilines is 1. The average Bonchev–Trinajstić information content (AvgIpc) is 2.97. The van der Waals surface area contributed by atoms with E-state index in [9.17, 15) is 39.9 Å². The molecule has 17 heteroatoms. The first-order valence-electron chi connectivity index (χ1n) is 13.2. The SMILES string of the molecule is CCn1cc(C(=O)O)c(=O)c2cc(F)c(N3CCN(CC(=O)NNC(=S)N[C@@H]4O[C@H](CO)[C@H](O)[C@H](O)[C@H]4O)CC3)cc21. The first kappa shape index (κ1) is 31.5. The number of thiocarbonyl (C=S) groups is 1. The molecule has 1 amide bonds. The molecule has 42 heavy (non-hydrogen) atoms. The molecule has 0 radical (unpaired) electrons. The van der Waals surface area contributed by atoms with Crippen molar-refractivity contribution in [3.8, 4) is 0 Å². The summed E-state index contributed by atoms with van der Waals surface area (Å²) < 4.78 is 22.0. The van der Waals surface area contributed by atoms with Gasteiger partial charge in [0.05, 0.1) is 24.4 Å². The number of aromatic nitrogens is 1. The molecule has 3 heterocycles. The highest BCUT2D eigenvalue weighted by molar-refractivity contribution is 7.80. The Kier molecular flexibility index (Phi) is 9.93. The highest BCUT2D eigenvalue weighted by Crippen LogP contribution is 2.26. The predicted molar refractivity (Wildman–Crippen MR) is 150 cm³/mol. The van der Waals surface area contributed by atoms with Crippen LogP contribution < -0.4 is 26.5 Å². The summed E-state index contributed by atoms with van der Waals surface area (Å²) in [5.41, 5.74) is 4.37. The third-order valence-electron chi connectivity index (χ3n) is 7.28. The minimum atomic E-state index is -1.59. The van der Waals surface area contributed by atoms with E-state index < -0.39 is 65.9 Å². The maximum Gasteiger partial charge on any atom is 0.341 e. The van der Waals surface area contributed by atoms with E-state index in [-0.39, 0.29) is 22.7 Å². The van der Waals surface area contributed by atoms with Crippen LogP contribution in [0.3, 0.4) is 0 Å². The van der Waals surface area contributed by atoms with E-state index in [4.69, 9.17) is 17.0 Å². The van der Waals surface area contributed by atoms with Crippen LogP contribution in [0.5, 0.6) is 0 Å². The first-order valence-corrected chi connectivity index (χ1v) is 13.6. The Morgan fingerprint density at radius 3 is 2.40 bits per heavy atom. The Bertz CT molecular complexity index is 1400. The van der Waals surface area contributed by atoms with Gasteiger partial charge in [0.1, 0.15) is 35.8 Å². The number of aryl methyl sites for hydroxylation is 1. The number of halogens is 1. The van der Waals surface area contributed by atoms with E-state index in [0.717, 1.165) is 6.07 Å². The van der Waals surface area contributed by atoms with Crippen molar-refractivity contribution in [3.05, 3.63) is 39.9 Å². The number of fused-ring (bicyclic) bond motifs is 1. The third kappa shape index (κ3) is 6.62. The number of aliphatic hydroxyl groups excluding tert-OH is 4. The number of aliphatic hydroxyl groups is 4. The van der Waals surface area contributed by atoms with Gasteiger partial charge in [-0.2, -0.15) is 0 Å². The van der Waals surface area contributed by atoms with Crippen LogP contribution in [-0.2, 0) is 16.1 Å². The summed E-state index contributed by atoms with van der Waals surface area (Å²) in [6.07, 6.45) is -5.79. The predicted octanol–water partition coefficient (Wildman–Crippen LogP) is -2.72. The number of carboxylic acids is 1. The third-order valence-corrected chi connectivity index (χ3v) is 7.50. The summed E-state index contributed by atoms with van der Waals surface area (Å²) >= 11 is 5.07. The second-order valence-electron chi connectivity index (χ2n) is 9.94. The van der Waals surface area contributed by atoms with Crippen molar-refractivity contribution in [2.75, 3.05) is 44.2 Å². The van der Waals surface area contributed by atoms with E-state index in [1.165, 1.54) is 12.3 Å². The van der Waals surface area contributed by atoms with Crippen molar-refractivity contribution in [1.29, 1.82) is 0 Å². The highest BCUT2D eigenvalue weighted by atomic mass is 32.1. The number of pyridine rings is 1. The quantitative estimate of drug-likeness (QED) is 0.118. The number of nitrogens with one attached hydrogen (secondary N) is 3. The van der Waals surface area contributed by atoms with Gasteiger partial charge in [-0.15, -0.1) is 0 Å². The monoisotopic (exact) mass is 612 g/mol. The van der Waals surface area contributed by atoms with Crippen LogP contribution in [0.1, 0.15) is 17.3 Å². The molecule has 1 aromatic carbocycles. The summed E-state index contributed by atoms with van der Waals surface area (Å²) in [5, 5.41) is 50.8. The van der Waals surface area contributed by atoms with Crippen molar-refractivity contribution in [2.24, 2.45) is 0 Å². The molecule has 0 spiro atoms. The maximum atomic E-state index is 15.1. The molecule has 8 N–H and O–H groups in total. The van der Waals surface area contributed by atoms with Crippen LogP contribution in [0.25, 0.3) is 10.9 Å². The molecule has 0 saturated carbocycles. The second kappa shape index (κ2) is 13.2. The zero-order valence-corrected chi connectivity index (χ0v) is 23.4. The van der Waals surface area contributed by atoms with Gasteiger partial charge in [-0.25, -0.2) is 9.18 Å². The Balaban J connectivity index is 1.30. The minimum Gasteiger partial charge on any atom is -0.477 e. The number of aromatic carboxylic acids is 1. The van der Waals surface area contributed by atoms with Gasteiger partial charge in [0.25, 0.3) is 5.91 Å². The smallest absolute Gasteiger partial charge is 0.341 e. The van der Waals surface area contributed by atoms with Crippen molar-refractivity contribution in [3.63, 3.8) is 0 Å². The van der Waals surface area contributed by atoms with Crippen molar-refractivity contribution in [2.45, 2.75) is 44.1 Å². The summed E-state index contributed by atoms with van der Waals surface area (Å²) in [4.78, 5) is 40.1. The molecule has 0 bridgehead atoms. The van der Waals surface area contributed by atoms with Crippen molar-refractivity contribution in [1.82, 2.24) is 25.6 Å². The minimum absolute atomic E-state index is 0.0141. The van der Waals surface area contributed by atoms with Crippen LogP contribution in [0.4, 0.5) is 10.1 Å². The molecule has 0 aliphatic carbocycles. The number of amides is 1. The molecule has 0 unspecified atom stereocenters. The number of benzene rings is 1. The lowest BCUT2D eigenvalue weighted by atomic mass is 9.98. The van der Waals surface area contributed by atoms with Crippen LogP contribution >= 0.6 is 12.2 Å². The van der Waals surface area contributed by atoms with Crippen LogP contribution in [0, 0.1) is 5.82 Å². The van der Waals surface area contributed by atoms with Crippen LogP contribution in [0.15, 0.2) is 23.1 Å². The molecule has 5 atom stereocenters. The van der Waals surface area contributed by atoms with Gasteiger partial charge in [-0.3, -0.25) is 25.3 Å². The Morgan fingerprint density at radius 2 is 1.79 bits per heavy atom. The number of piperazine rings is 1. The molecule has 2 aliphatic heterocycles. The first-order chi connectivity index (χ1) is 19.9. The lowest BCUT2D eigenvalue weighted by molar-refractivity contribution is -0.232. The maximum absolute atomic E-state index is 15.1. The summed E-state index contributed by atoms with van der Waals surface area (Å²) in [6.45, 7) is 3.13. The Hall–Kier alpha value is -3.45. The Labute approximate surface area is 244 Å². The van der Waals surface area contributed by atoms with Gasteiger partial charge >= 0.3 is 5.97 Å². The largest absolute Gasteiger partial charge is 0.477 e. The number of ether oxygens (including phenoxy) is 1. The van der Waals surface area contributed by atoms with Crippen LogP contribution in [0.2, 0.25) is 0 Å². The van der Waals surface area contributed by atoms with Crippen LogP contribution in [-0.4, -0.2) is 122 Å². The zero-order valence-electron chi connectivity index (χ0n) is 22.6. The van der Waals surface area contributed by atoms with E-state index in [1.807, 2.05) is 4.90 Å². The topological polar surface area (TPSA) is 209 Å². The van der Waals surface area contributed by atoms with Gasteiger partial charge in [0, 0.05) is 44.3 Å². The lowest BCUT2D eigenvalue weighted by Gasteiger charge is -2.40. The van der Waals surface area contributed by atoms with Gasteiger partial charge in [0.15, 0.2) is 11.3 Å². The molecule has 4 rings (SSSR count). The number of carbonyl (C=O) groups is 2. The number of hydrazine groups is 1.